The van der Waals surface area contributed by atoms with Crippen molar-refractivity contribution in [1.82, 2.24) is 40.3 Å². The van der Waals surface area contributed by atoms with Gasteiger partial charge in [0.2, 0.25) is 11.8 Å². The summed E-state index contributed by atoms with van der Waals surface area (Å²) < 4.78 is 27.3. The fourth-order valence-electron chi connectivity index (χ4n) is 5.40. The molecule has 8 rings (SSSR count). The van der Waals surface area contributed by atoms with E-state index >= 15 is 0 Å². The summed E-state index contributed by atoms with van der Waals surface area (Å²) in [5.41, 5.74) is 3.64. The quantitative estimate of drug-likeness (QED) is 0.0848. The summed E-state index contributed by atoms with van der Waals surface area (Å²) in [7, 11) is 0. The van der Waals surface area contributed by atoms with Crippen LogP contribution in [0.5, 0.6) is 0 Å². The third kappa shape index (κ3) is 11.7. The van der Waals surface area contributed by atoms with Crippen LogP contribution in [0.1, 0.15) is 12.8 Å². The summed E-state index contributed by atoms with van der Waals surface area (Å²) in [6.45, 7) is 0. The van der Waals surface area contributed by atoms with Crippen LogP contribution in [-0.2, 0) is 42.9 Å². The van der Waals surface area contributed by atoms with Crippen LogP contribution in [0.3, 0.4) is 0 Å². The van der Waals surface area contributed by atoms with Gasteiger partial charge in [-0.2, -0.15) is 10.2 Å². The Morgan fingerprint density at radius 3 is 1.64 bits per heavy atom. The molecule has 4 aromatic carbocycles. The molecule has 20 heteroatoms. The van der Waals surface area contributed by atoms with E-state index in [0.717, 1.165) is 26.3 Å². The summed E-state index contributed by atoms with van der Waals surface area (Å²) >= 11 is 3.42. The van der Waals surface area contributed by atoms with Gasteiger partial charge in [0.25, 0.3) is 0 Å². The zero-order valence-electron chi connectivity index (χ0n) is 29.8. The fraction of sp³-hybridized carbons (Fsp3) is 0.0526. The molecule has 0 radical (unpaired) electrons. The molecule has 302 valence electrons. The number of rotatable bonds is 10. The average Bonchev–Trinajstić information content (AvgIpc) is 3.80. The first-order valence-electron chi connectivity index (χ1n) is 16.6. The second-order valence-electron chi connectivity index (χ2n) is 11.9. The minimum atomic E-state index is -0.407. The molecule has 0 aliphatic heterocycles. The van der Waals surface area contributed by atoms with Crippen LogP contribution >= 0.6 is 15.9 Å². The number of nitrogens with zero attached hydrogens (tertiary/aromatic N) is 6. The Labute approximate surface area is 351 Å². The van der Waals surface area contributed by atoms with Gasteiger partial charge >= 0.3 is 0 Å². The van der Waals surface area contributed by atoms with Crippen molar-refractivity contribution in [3.8, 4) is 0 Å². The number of aromatic amines is 2. The van der Waals surface area contributed by atoms with Crippen LogP contribution < -0.4 is 21.3 Å². The monoisotopic (exact) mass is 946 g/mol. The second-order valence-corrected chi connectivity index (χ2v) is 12.8. The number of aromatic nitrogens is 8. The molecule has 0 bridgehead atoms. The maximum absolute atomic E-state index is 13.2. The van der Waals surface area contributed by atoms with E-state index in [1.807, 2.05) is 42.5 Å². The van der Waals surface area contributed by atoms with Crippen molar-refractivity contribution in [2.75, 3.05) is 21.3 Å². The second kappa shape index (κ2) is 20.6. The minimum absolute atomic E-state index is 0. The predicted octanol–water partition coefficient (Wildman–Crippen LogP) is 6.19. The molecule has 0 saturated heterocycles. The fourth-order valence-corrected chi connectivity index (χ4v) is 5.75. The maximum Gasteiger partial charge on any atom is 0.230 e. The van der Waals surface area contributed by atoms with Crippen molar-refractivity contribution in [3.05, 3.63) is 143 Å². The molecular formula is C38H35BrF2N12O4Pd. The molecule has 0 fully saturated rings. The van der Waals surface area contributed by atoms with E-state index in [-0.39, 0.29) is 57.5 Å². The van der Waals surface area contributed by atoms with Crippen LogP contribution in [0.4, 0.5) is 43.4 Å². The van der Waals surface area contributed by atoms with Gasteiger partial charge < -0.3 is 32.2 Å². The molecule has 0 aliphatic carbocycles. The minimum Gasteiger partial charge on any atom is -0.412 e. The third-order valence-electron chi connectivity index (χ3n) is 7.81. The normalized spacial score (nSPS) is 10.2. The molecule has 0 unspecified atom stereocenters. The van der Waals surface area contributed by atoms with Crippen LogP contribution in [-0.4, -0.2) is 63.1 Å². The van der Waals surface area contributed by atoms with Gasteiger partial charge in [0.1, 0.15) is 35.9 Å². The first-order valence-corrected chi connectivity index (χ1v) is 17.4. The van der Waals surface area contributed by atoms with Gasteiger partial charge in [0, 0.05) is 72.0 Å². The third-order valence-corrected chi connectivity index (χ3v) is 8.31. The molecule has 0 saturated carbocycles. The van der Waals surface area contributed by atoms with Crippen LogP contribution in [0.25, 0.3) is 21.8 Å². The zero-order chi connectivity index (χ0) is 38.1. The van der Waals surface area contributed by atoms with E-state index in [0.29, 0.717) is 46.0 Å². The number of H-pyrrole nitrogens is 2. The Balaban J connectivity index is 0.000000295. The van der Waals surface area contributed by atoms with E-state index in [9.17, 15) is 18.4 Å². The van der Waals surface area contributed by atoms with Gasteiger partial charge in [0.05, 0.1) is 23.9 Å². The first-order chi connectivity index (χ1) is 26.7. The molecule has 16 nitrogen and oxygen atoms in total. The summed E-state index contributed by atoms with van der Waals surface area (Å²) in [5.74, 6) is 0.931. The number of carbonyl (C=O) groups is 2. The van der Waals surface area contributed by atoms with Gasteiger partial charge in [-0.1, -0.05) is 40.2 Å². The Morgan fingerprint density at radius 2 is 1.10 bits per heavy atom. The summed E-state index contributed by atoms with van der Waals surface area (Å²) in [4.78, 5) is 41.2. The van der Waals surface area contributed by atoms with Crippen LogP contribution in [0.15, 0.2) is 120 Å². The molecule has 58 heavy (non-hydrogen) atoms. The molecule has 0 atom stereocenters. The van der Waals surface area contributed by atoms with Crippen molar-refractivity contribution < 1.29 is 51.2 Å². The molecule has 0 spiro atoms. The summed E-state index contributed by atoms with van der Waals surface area (Å²) in [6, 6.07) is 28.3. The van der Waals surface area contributed by atoms with E-state index in [4.69, 9.17) is 0 Å². The standard InChI is InChI=1S/C19H14BrFN6O.C19H15FN6O.2H2O.Pd.H2/c20-11-4-5-15-16(6-11)22-10-23-19(15)25-17-8-14(26-27-17)9-18(28)24-13-3-1-2-12(21)7-13;20-12-4-3-5-13(8-12)23-18(27)10-14-9-17(26-25-14)24-19-15-6-1-2-7-16(15)21-11-22-19;;;;/h1-8,10H,9H2,(H,24,28)(H2,22,23,25,26,27);1-9,11H,10H2,(H,23,27)(H2,21,22,24,25,26);2*1H2;;1H. The van der Waals surface area contributed by atoms with Gasteiger partial charge in [-0.25, -0.2) is 28.7 Å². The van der Waals surface area contributed by atoms with Crippen molar-refractivity contribution in [2.24, 2.45) is 0 Å². The number of anilines is 6. The van der Waals surface area contributed by atoms with Crippen LogP contribution in [0, 0.1) is 11.6 Å². The summed E-state index contributed by atoms with van der Waals surface area (Å²) in [5, 5.41) is 27.2. The number of para-hydroxylation sites is 1. The Kier molecular flexibility index (Phi) is 15.7. The number of nitrogens with one attached hydrogen (secondary N) is 6. The Bertz CT molecular complexity index is 2650. The van der Waals surface area contributed by atoms with Crippen molar-refractivity contribution in [2.45, 2.75) is 12.8 Å². The molecule has 10 N–H and O–H groups in total. The van der Waals surface area contributed by atoms with Crippen molar-refractivity contribution in [3.63, 3.8) is 0 Å². The summed E-state index contributed by atoms with van der Waals surface area (Å²) in [6.07, 6.45) is 3.10. The number of hydrogen-bond donors (Lipinski definition) is 6. The topological polar surface area (TPSA) is 254 Å². The Morgan fingerprint density at radius 1 is 0.603 bits per heavy atom. The van der Waals surface area contributed by atoms with E-state index < -0.39 is 11.6 Å². The Hall–Kier alpha value is -6.56. The average molecular weight is 948 g/mol. The van der Waals surface area contributed by atoms with Crippen molar-refractivity contribution >= 4 is 84.2 Å². The van der Waals surface area contributed by atoms with Gasteiger partial charge in [-0.15, -0.1) is 0 Å². The largest absolute Gasteiger partial charge is 0.412 e. The van der Waals surface area contributed by atoms with Crippen LogP contribution in [0.2, 0.25) is 0 Å². The molecule has 2 amide bonds. The maximum atomic E-state index is 13.2. The van der Waals surface area contributed by atoms with E-state index in [1.165, 1.54) is 49.1 Å². The van der Waals surface area contributed by atoms with Gasteiger partial charge in [-0.05, 0) is 66.7 Å². The van der Waals surface area contributed by atoms with E-state index in [2.05, 4.69) is 77.5 Å². The molecule has 0 aliphatic rings. The molecule has 4 aromatic heterocycles. The number of carbonyl (C=O) groups excluding carboxylic acids is 2. The predicted molar refractivity (Wildman–Crippen MR) is 217 cm³/mol. The first kappa shape index (κ1) is 44.2. The van der Waals surface area contributed by atoms with Gasteiger partial charge in [-0.3, -0.25) is 19.8 Å². The number of halogens is 3. The van der Waals surface area contributed by atoms with Gasteiger partial charge in [0.15, 0.2) is 11.6 Å². The number of fused-ring (bicyclic) bond motifs is 2. The number of amides is 2. The smallest absolute Gasteiger partial charge is 0.230 e. The SMILES string of the molecule is O.O.O=C(Cc1cc(Nc2ncnc3cc(Br)ccc23)n[nH]1)Nc1cccc(F)c1.O=C(Cc1cc(Nc2ncnc3ccccc23)n[nH]1)Nc1cccc(F)c1.[HH].[Pd]. The molecule has 4 heterocycles. The number of hydrogen-bond acceptors (Lipinski definition) is 10. The zero-order valence-corrected chi connectivity index (χ0v) is 33.0. The molecular weight excluding hydrogens is 913 g/mol. The van der Waals surface area contributed by atoms with Crippen molar-refractivity contribution in [1.29, 1.82) is 0 Å². The molecule has 8 aromatic rings. The number of benzene rings is 4. The van der Waals surface area contributed by atoms with E-state index in [1.54, 1.807) is 24.3 Å².